The minimum atomic E-state index is -0.171. The Kier molecular flexibility index (Phi) is 2.29. The third-order valence-electron chi connectivity index (χ3n) is 2.23. The molecular formula is C10H12N4O. The molecule has 0 atom stereocenters. The highest BCUT2D eigenvalue weighted by atomic mass is 16.2. The summed E-state index contributed by atoms with van der Waals surface area (Å²) < 4.78 is 2.82. The first kappa shape index (κ1) is 9.51. The molecule has 0 radical (unpaired) electrons. The van der Waals surface area contributed by atoms with E-state index in [1.54, 1.807) is 12.1 Å². The van der Waals surface area contributed by atoms with E-state index in [0.717, 1.165) is 0 Å². The Morgan fingerprint density at radius 2 is 2.13 bits per heavy atom. The lowest BCUT2D eigenvalue weighted by atomic mass is 10.3. The number of nitrogens with two attached hydrogens (primary N) is 1. The predicted octanol–water partition coefficient (Wildman–Crippen LogP) is 0.636. The fourth-order valence-electron chi connectivity index (χ4n) is 1.43. The molecular weight excluding hydrogens is 192 g/mol. The Bertz CT molecular complexity index is 526. The van der Waals surface area contributed by atoms with Crippen molar-refractivity contribution < 1.29 is 0 Å². The Hall–Kier alpha value is -2.04. The molecule has 1 aromatic carbocycles. The quantitative estimate of drug-likeness (QED) is 0.730. The lowest BCUT2D eigenvalue weighted by molar-refractivity contribution is 0.629. The molecule has 0 saturated carbocycles. The Labute approximate surface area is 86.8 Å². The van der Waals surface area contributed by atoms with Gasteiger partial charge in [0, 0.05) is 6.54 Å². The van der Waals surface area contributed by atoms with Crippen LogP contribution >= 0.6 is 0 Å². The summed E-state index contributed by atoms with van der Waals surface area (Å²) in [5.41, 5.74) is 6.84. The normalized spacial score (nSPS) is 10.5. The van der Waals surface area contributed by atoms with Crippen molar-refractivity contribution in [2.45, 2.75) is 13.5 Å². The van der Waals surface area contributed by atoms with Crippen LogP contribution in [-0.2, 0) is 6.54 Å². The van der Waals surface area contributed by atoms with E-state index in [-0.39, 0.29) is 5.69 Å². The molecule has 78 valence electrons. The standard InChI is InChI=1S/C10H12N4O/c1-2-14-10(15)13(7-12-14)9-6-4-3-5-8(9)11/h3-7H,2,11H2,1H3. The van der Waals surface area contributed by atoms with Crippen molar-refractivity contribution in [3.63, 3.8) is 0 Å². The van der Waals surface area contributed by atoms with Gasteiger partial charge in [-0.15, -0.1) is 0 Å². The van der Waals surface area contributed by atoms with Crippen LogP contribution in [0.25, 0.3) is 5.69 Å². The second-order valence-electron chi connectivity index (χ2n) is 3.16. The van der Waals surface area contributed by atoms with E-state index in [1.165, 1.54) is 15.6 Å². The molecule has 2 aromatic rings. The van der Waals surface area contributed by atoms with Gasteiger partial charge in [-0.2, -0.15) is 5.10 Å². The van der Waals surface area contributed by atoms with Crippen LogP contribution in [0.5, 0.6) is 0 Å². The van der Waals surface area contributed by atoms with Gasteiger partial charge in [0.05, 0.1) is 11.4 Å². The van der Waals surface area contributed by atoms with Gasteiger partial charge in [0.1, 0.15) is 6.33 Å². The zero-order chi connectivity index (χ0) is 10.8. The van der Waals surface area contributed by atoms with Crippen molar-refractivity contribution in [2.75, 3.05) is 5.73 Å². The van der Waals surface area contributed by atoms with Crippen molar-refractivity contribution in [2.24, 2.45) is 0 Å². The number of hydrogen-bond donors (Lipinski definition) is 1. The minimum absolute atomic E-state index is 0.171. The number of benzene rings is 1. The minimum Gasteiger partial charge on any atom is -0.397 e. The van der Waals surface area contributed by atoms with E-state index in [9.17, 15) is 4.79 Å². The zero-order valence-electron chi connectivity index (χ0n) is 8.42. The van der Waals surface area contributed by atoms with Gasteiger partial charge in [-0.25, -0.2) is 14.0 Å². The SMILES string of the molecule is CCn1ncn(-c2ccccc2N)c1=O. The van der Waals surface area contributed by atoms with E-state index in [4.69, 9.17) is 5.73 Å². The number of para-hydroxylation sites is 2. The maximum absolute atomic E-state index is 11.8. The summed E-state index contributed by atoms with van der Waals surface area (Å²) in [6.45, 7) is 2.42. The molecule has 0 fully saturated rings. The van der Waals surface area contributed by atoms with Crippen LogP contribution in [0.15, 0.2) is 35.4 Å². The first-order valence-electron chi connectivity index (χ1n) is 4.73. The van der Waals surface area contributed by atoms with Gasteiger partial charge in [-0.05, 0) is 19.1 Å². The summed E-state index contributed by atoms with van der Waals surface area (Å²) in [6, 6.07) is 7.21. The lowest BCUT2D eigenvalue weighted by Crippen LogP contribution is -2.23. The van der Waals surface area contributed by atoms with Crippen molar-refractivity contribution in [3.8, 4) is 5.69 Å². The molecule has 0 bridgehead atoms. The smallest absolute Gasteiger partial charge is 0.350 e. The number of nitrogens with zero attached hydrogens (tertiary/aromatic N) is 3. The maximum atomic E-state index is 11.8. The maximum Gasteiger partial charge on any atom is 0.350 e. The molecule has 1 heterocycles. The van der Waals surface area contributed by atoms with E-state index in [0.29, 0.717) is 17.9 Å². The topological polar surface area (TPSA) is 65.8 Å². The van der Waals surface area contributed by atoms with Crippen LogP contribution < -0.4 is 11.4 Å². The molecule has 15 heavy (non-hydrogen) atoms. The van der Waals surface area contributed by atoms with Gasteiger partial charge in [-0.1, -0.05) is 12.1 Å². The summed E-state index contributed by atoms with van der Waals surface area (Å²) in [5.74, 6) is 0. The number of hydrogen-bond acceptors (Lipinski definition) is 3. The molecule has 2 N–H and O–H groups in total. The Morgan fingerprint density at radius 1 is 1.40 bits per heavy atom. The highest BCUT2D eigenvalue weighted by Gasteiger charge is 2.06. The van der Waals surface area contributed by atoms with E-state index < -0.39 is 0 Å². The van der Waals surface area contributed by atoms with Gasteiger partial charge in [-0.3, -0.25) is 0 Å². The molecule has 0 aliphatic carbocycles. The fraction of sp³-hybridized carbons (Fsp3) is 0.200. The summed E-state index contributed by atoms with van der Waals surface area (Å²) >= 11 is 0. The summed E-state index contributed by atoms with van der Waals surface area (Å²) in [6.07, 6.45) is 1.48. The van der Waals surface area contributed by atoms with Gasteiger partial charge in [0.2, 0.25) is 0 Å². The highest BCUT2D eigenvalue weighted by molar-refractivity contribution is 5.57. The molecule has 5 nitrogen and oxygen atoms in total. The second-order valence-corrected chi connectivity index (χ2v) is 3.16. The number of aryl methyl sites for hydroxylation is 1. The molecule has 0 spiro atoms. The molecule has 0 aliphatic heterocycles. The zero-order valence-corrected chi connectivity index (χ0v) is 8.42. The van der Waals surface area contributed by atoms with Gasteiger partial charge in [0.25, 0.3) is 0 Å². The molecule has 1 aromatic heterocycles. The van der Waals surface area contributed by atoms with E-state index in [2.05, 4.69) is 5.10 Å². The fourth-order valence-corrected chi connectivity index (χ4v) is 1.43. The number of anilines is 1. The molecule has 2 rings (SSSR count). The van der Waals surface area contributed by atoms with Gasteiger partial charge < -0.3 is 5.73 Å². The summed E-state index contributed by atoms with van der Waals surface area (Å²) in [7, 11) is 0. The van der Waals surface area contributed by atoms with Crippen molar-refractivity contribution >= 4 is 5.69 Å². The van der Waals surface area contributed by atoms with Gasteiger partial charge in [0.15, 0.2) is 0 Å². The largest absolute Gasteiger partial charge is 0.397 e. The summed E-state index contributed by atoms with van der Waals surface area (Å²) in [4.78, 5) is 11.8. The van der Waals surface area contributed by atoms with Crippen LogP contribution in [0, 0.1) is 0 Å². The van der Waals surface area contributed by atoms with E-state index >= 15 is 0 Å². The lowest BCUT2D eigenvalue weighted by Gasteiger charge is -2.03. The predicted molar refractivity (Wildman–Crippen MR) is 57.9 cm³/mol. The highest BCUT2D eigenvalue weighted by Crippen LogP contribution is 2.13. The van der Waals surface area contributed by atoms with Crippen molar-refractivity contribution in [1.82, 2.24) is 14.3 Å². The van der Waals surface area contributed by atoms with Gasteiger partial charge >= 0.3 is 5.69 Å². The Balaban J connectivity index is 2.60. The van der Waals surface area contributed by atoms with Crippen LogP contribution in [-0.4, -0.2) is 14.3 Å². The second kappa shape index (κ2) is 3.61. The van der Waals surface area contributed by atoms with Crippen LogP contribution in [0.2, 0.25) is 0 Å². The van der Waals surface area contributed by atoms with Crippen LogP contribution in [0.4, 0.5) is 5.69 Å². The average Bonchev–Trinajstić information content (AvgIpc) is 2.60. The monoisotopic (exact) mass is 204 g/mol. The number of rotatable bonds is 2. The number of aromatic nitrogens is 3. The third-order valence-corrected chi connectivity index (χ3v) is 2.23. The first-order valence-corrected chi connectivity index (χ1v) is 4.73. The van der Waals surface area contributed by atoms with Crippen molar-refractivity contribution in [1.29, 1.82) is 0 Å². The molecule has 5 heteroatoms. The Morgan fingerprint density at radius 3 is 2.73 bits per heavy atom. The molecule has 0 saturated heterocycles. The van der Waals surface area contributed by atoms with E-state index in [1.807, 2.05) is 19.1 Å². The van der Waals surface area contributed by atoms with Crippen LogP contribution in [0.1, 0.15) is 6.92 Å². The molecule has 0 unspecified atom stereocenters. The number of nitrogen functional groups attached to an aromatic ring is 1. The molecule has 0 amide bonds. The average molecular weight is 204 g/mol. The third kappa shape index (κ3) is 1.52. The van der Waals surface area contributed by atoms with Crippen LogP contribution in [0.3, 0.4) is 0 Å². The first-order chi connectivity index (χ1) is 7.24. The van der Waals surface area contributed by atoms with Crippen molar-refractivity contribution in [3.05, 3.63) is 41.1 Å². The summed E-state index contributed by atoms with van der Waals surface area (Å²) in [5, 5.41) is 3.96. The molecule has 0 aliphatic rings.